The summed E-state index contributed by atoms with van der Waals surface area (Å²) in [5, 5.41) is 26.1. The van der Waals surface area contributed by atoms with E-state index in [0.29, 0.717) is 13.1 Å². The Bertz CT molecular complexity index is 743. The lowest BCUT2D eigenvalue weighted by molar-refractivity contribution is -0.385. The van der Waals surface area contributed by atoms with Gasteiger partial charge in [0.25, 0.3) is 5.69 Å². The first-order valence-electron chi connectivity index (χ1n) is 5.76. The van der Waals surface area contributed by atoms with Crippen molar-refractivity contribution >= 4 is 21.4 Å². The average molecular weight is 312 g/mol. The largest absolute Gasteiger partial charge is 0.383 e. The quantitative estimate of drug-likeness (QED) is 0.561. The molecule has 0 saturated heterocycles. The van der Waals surface area contributed by atoms with Crippen LogP contribution < -0.4 is 10.5 Å². The normalized spacial score (nSPS) is 11.3. The number of nitrogens with one attached hydrogen (secondary N) is 1. The molecule has 0 saturated carbocycles. The van der Waals surface area contributed by atoms with Crippen LogP contribution in [0.25, 0.3) is 0 Å². The molecule has 0 aliphatic rings. The van der Waals surface area contributed by atoms with Crippen molar-refractivity contribution in [3.63, 3.8) is 0 Å². The summed E-state index contributed by atoms with van der Waals surface area (Å²) in [6, 6.07) is 3.39. The lowest BCUT2D eigenvalue weighted by Crippen LogP contribution is -2.14. The highest BCUT2D eigenvalue weighted by Crippen LogP contribution is 2.23. The zero-order chi connectivity index (χ0) is 15.5. The summed E-state index contributed by atoms with van der Waals surface area (Å²) in [4.78, 5) is 9.81. The van der Waals surface area contributed by atoms with Crippen LogP contribution in [0.5, 0.6) is 0 Å². The Morgan fingerprint density at radius 3 is 2.71 bits per heavy atom. The van der Waals surface area contributed by atoms with E-state index in [4.69, 9.17) is 5.14 Å². The molecule has 0 amide bonds. The van der Waals surface area contributed by atoms with Crippen molar-refractivity contribution in [3.8, 4) is 0 Å². The number of hydrogen-bond acceptors (Lipinski definition) is 7. The number of anilines is 1. The minimum Gasteiger partial charge on any atom is -0.383 e. The van der Waals surface area contributed by atoms with Crippen molar-refractivity contribution in [1.82, 2.24) is 15.0 Å². The van der Waals surface area contributed by atoms with Gasteiger partial charge in [0.1, 0.15) is 0 Å². The number of non-ortho nitro benzene ring substituents is 1. The molecule has 0 fully saturated rings. The zero-order valence-corrected chi connectivity index (χ0v) is 11.5. The van der Waals surface area contributed by atoms with Crippen molar-refractivity contribution in [3.05, 3.63) is 40.7 Å². The van der Waals surface area contributed by atoms with Crippen LogP contribution in [0.3, 0.4) is 0 Å². The molecular formula is C10H12N6O4S. The summed E-state index contributed by atoms with van der Waals surface area (Å²) in [7, 11) is -4.02. The maximum absolute atomic E-state index is 11.3. The summed E-state index contributed by atoms with van der Waals surface area (Å²) in [5.41, 5.74) is -0.0712. The van der Waals surface area contributed by atoms with Gasteiger partial charge in [-0.15, -0.1) is 5.10 Å². The van der Waals surface area contributed by atoms with Gasteiger partial charge in [0, 0.05) is 30.6 Å². The Balaban J connectivity index is 2.18. The number of nitro groups is 1. The topological polar surface area (TPSA) is 146 Å². The van der Waals surface area contributed by atoms with E-state index in [2.05, 4.69) is 15.6 Å². The highest BCUT2D eigenvalue weighted by Gasteiger charge is 2.16. The molecule has 1 aromatic carbocycles. The van der Waals surface area contributed by atoms with Gasteiger partial charge < -0.3 is 5.32 Å². The van der Waals surface area contributed by atoms with E-state index in [1.54, 1.807) is 10.9 Å². The van der Waals surface area contributed by atoms with Crippen molar-refractivity contribution in [2.75, 3.05) is 11.9 Å². The fraction of sp³-hybridized carbons (Fsp3) is 0.200. The van der Waals surface area contributed by atoms with Crippen LogP contribution in [0.4, 0.5) is 11.4 Å². The second kappa shape index (κ2) is 5.85. The number of benzene rings is 1. The van der Waals surface area contributed by atoms with Crippen LogP contribution in [-0.2, 0) is 16.6 Å². The van der Waals surface area contributed by atoms with Crippen molar-refractivity contribution < 1.29 is 13.3 Å². The third-order valence-corrected chi connectivity index (χ3v) is 3.47. The Morgan fingerprint density at radius 2 is 2.14 bits per heavy atom. The van der Waals surface area contributed by atoms with Gasteiger partial charge in [0.15, 0.2) is 0 Å². The van der Waals surface area contributed by atoms with Crippen molar-refractivity contribution in [1.29, 1.82) is 0 Å². The number of hydrogen-bond donors (Lipinski definition) is 2. The van der Waals surface area contributed by atoms with E-state index in [0.717, 1.165) is 6.07 Å². The number of primary sulfonamides is 1. The molecule has 0 unspecified atom stereocenters. The van der Waals surface area contributed by atoms with Gasteiger partial charge in [0.2, 0.25) is 10.0 Å². The van der Waals surface area contributed by atoms with Crippen LogP contribution in [-0.4, -0.2) is 34.9 Å². The molecule has 3 N–H and O–H groups in total. The zero-order valence-electron chi connectivity index (χ0n) is 10.7. The maximum Gasteiger partial charge on any atom is 0.272 e. The molecule has 10 nitrogen and oxygen atoms in total. The summed E-state index contributed by atoms with van der Waals surface area (Å²) >= 11 is 0. The molecule has 0 radical (unpaired) electrons. The fourth-order valence-corrected chi connectivity index (χ4v) is 2.20. The van der Waals surface area contributed by atoms with Crippen LogP contribution in [0.1, 0.15) is 0 Å². The molecular weight excluding hydrogens is 300 g/mol. The number of nitrogens with two attached hydrogens (primary N) is 1. The second-order valence-electron chi connectivity index (χ2n) is 4.11. The van der Waals surface area contributed by atoms with Gasteiger partial charge in [-0.3, -0.25) is 14.8 Å². The second-order valence-corrected chi connectivity index (χ2v) is 5.67. The van der Waals surface area contributed by atoms with E-state index < -0.39 is 14.9 Å². The Morgan fingerprint density at radius 1 is 1.38 bits per heavy atom. The first-order chi connectivity index (χ1) is 9.86. The molecule has 0 aliphatic carbocycles. The molecule has 1 heterocycles. The van der Waals surface area contributed by atoms with Gasteiger partial charge in [-0.25, -0.2) is 13.6 Å². The molecule has 0 aliphatic heterocycles. The summed E-state index contributed by atoms with van der Waals surface area (Å²) < 4.78 is 24.2. The smallest absolute Gasteiger partial charge is 0.272 e. The molecule has 11 heteroatoms. The van der Waals surface area contributed by atoms with Gasteiger partial charge in [0.05, 0.1) is 22.6 Å². The van der Waals surface area contributed by atoms with Gasteiger partial charge >= 0.3 is 0 Å². The Kier molecular flexibility index (Phi) is 4.14. The lowest BCUT2D eigenvalue weighted by atomic mass is 10.3. The van der Waals surface area contributed by atoms with E-state index >= 15 is 0 Å². The monoisotopic (exact) mass is 312 g/mol. The van der Waals surface area contributed by atoms with Crippen LogP contribution in [0.15, 0.2) is 35.5 Å². The average Bonchev–Trinajstić information content (AvgIpc) is 2.90. The van der Waals surface area contributed by atoms with E-state index in [-0.39, 0.29) is 16.3 Å². The lowest BCUT2D eigenvalue weighted by Gasteiger charge is -2.08. The van der Waals surface area contributed by atoms with Gasteiger partial charge in [-0.2, -0.15) is 0 Å². The standard InChI is InChI=1S/C10H12N6O4S/c11-21(19,20)10-6-8(5-9(7-10)16(17)18)12-1-3-15-4-2-13-14-15/h2,4-7,12H,1,3H2,(H2,11,19,20). The van der Waals surface area contributed by atoms with Crippen molar-refractivity contribution in [2.24, 2.45) is 5.14 Å². The highest BCUT2D eigenvalue weighted by molar-refractivity contribution is 7.89. The van der Waals surface area contributed by atoms with Crippen LogP contribution in [0.2, 0.25) is 0 Å². The maximum atomic E-state index is 11.3. The fourth-order valence-electron chi connectivity index (χ4n) is 1.62. The SMILES string of the molecule is NS(=O)(=O)c1cc(NCCn2ccnn2)cc([N+](=O)[O-])c1. The number of sulfonamides is 1. The van der Waals surface area contributed by atoms with E-state index in [1.165, 1.54) is 18.3 Å². The van der Waals surface area contributed by atoms with Crippen LogP contribution in [0, 0.1) is 10.1 Å². The summed E-state index contributed by atoms with van der Waals surface area (Å²) in [6.45, 7) is 0.849. The molecule has 2 rings (SSSR count). The summed E-state index contributed by atoms with van der Waals surface area (Å²) in [5.74, 6) is 0. The minimum atomic E-state index is -4.02. The molecule has 0 spiro atoms. The third-order valence-electron chi connectivity index (χ3n) is 2.57. The predicted molar refractivity (Wildman–Crippen MR) is 73.0 cm³/mol. The minimum absolute atomic E-state index is 0.286. The third kappa shape index (κ3) is 3.97. The first-order valence-corrected chi connectivity index (χ1v) is 7.31. The molecule has 1 aromatic heterocycles. The van der Waals surface area contributed by atoms with Gasteiger partial charge in [-0.1, -0.05) is 5.21 Å². The number of rotatable bonds is 6. The molecule has 0 atom stereocenters. The molecule has 112 valence electrons. The van der Waals surface area contributed by atoms with Crippen molar-refractivity contribution in [2.45, 2.75) is 11.4 Å². The number of nitrogens with zero attached hydrogens (tertiary/aromatic N) is 4. The summed E-state index contributed by atoms with van der Waals surface area (Å²) in [6.07, 6.45) is 3.18. The highest BCUT2D eigenvalue weighted by atomic mass is 32.2. The molecule has 0 bridgehead atoms. The van der Waals surface area contributed by atoms with E-state index in [1.807, 2.05) is 0 Å². The Labute approximate surface area is 119 Å². The number of nitro benzene ring substituents is 1. The first kappa shape index (κ1) is 14.9. The predicted octanol–water partition coefficient (Wildman–Crippen LogP) is -0.0542. The van der Waals surface area contributed by atoms with E-state index in [9.17, 15) is 18.5 Å². The molecule has 21 heavy (non-hydrogen) atoms. The molecule has 2 aromatic rings. The van der Waals surface area contributed by atoms with Crippen LogP contribution >= 0.6 is 0 Å². The number of aromatic nitrogens is 3. The van der Waals surface area contributed by atoms with Gasteiger partial charge in [-0.05, 0) is 6.07 Å². The Hall–Kier alpha value is -2.53.